The van der Waals surface area contributed by atoms with Crippen molar-refractivity contribution in [1.82, 2.24) is 15.5 Å². The number of urea groups is 1. The largest absolute Gasteiger partial charge is 0.435 e. The Hall–Kier alpha value is -2.71. The van der Waals surface area contributed by atoms with E-state index in [1.54, 1.807) is 11.0 Å². The van der Waals surface area contributed by atoms with Gasteiger partial charge in [-0.25, -0.2) is 4.79 Å². The maximum absolute atomic E-state index is 12.6. The van der Waals surface area contributed by atoms with Crippen molar-refractivity contribution in [1.29, 1.82) is 0 Å². The van der Waals surface area contributed by atoms with E-state index in [4.69, 9.17) is 0 Å². The van der Waals surface area contributed by atoms with Crippen molar-refractivity contribution in [2.24, 2.45) is 5.92 Å². The number of ether oxygens (including phenoxy) is 1. The number of carbonyl (C=O) groups is 3. The van der Waals surface area contributed by atoms with Crippen LogP contribution < -0.4 is 15.4 Å². The van der Waals surface area contributed by atoms with E-state index in [2.05, 4.69) is 15.4 Å². The van der Waals surface area contributed by atoms with Gasteiger partial charge in [-0.3, -0.25) is 14.9 Å². The van der Waals surface area contributed by atoms with Gasteiger partial charge in [0.25, 0.3) is 5.91 Å². The summed E-state index contributed by atoms with van der Waals surface area (Å²) in [6.07, 6.45) is 2.08. The van der Waals surface area contributed by atoms with Crippen molar-refractivity contribution in [2.45, 2.75) is 50.9 Å². The Kier molecular flexibility index (Phi) is 4.24. The Morgan fingerprint density at radius 1 is 1.26 bits per heavy atom. The highest BCUT2D eigenvalue weighted by atomic mass is 19.3. The standard InChI is InChI=1S/C18H19F2N3O4/c19-16(20)27-13-4-1-10-8-23(9-11(10)7-13)14(24)5-6-18(12-2-3-12)15(25)21-17(26)22-18/h1,4,7,12,16H,2-3,5-6,8-9H2,(H2,21,22,25,26)/t18-/m0/s1. The van der Waals surface area contributed by atoms with Crippen LogP contribution in [0.2, 0.25) is 0 Å². The molecule has 9 heteroatoms. The van der Waals surface area contributed by atoms with Crippen molar-refractivity contribution >= 4 is 17.8 Å². The molecule has 1 aromatic rings. The molecule has 2 aliphatic heterocycles. The van der Waals surface area contributed by atoms with Crippen molar-refractivity contribution < 1.29 is 27.9 Å². The number of halogens is 2. The minimum atomic E-state index is -2.89. The lowest BCUT2D eigenvalue weighted by Gasteiger charge is -2.26. The first-order valence-corrected chi connectivity index (χ1v) is 8.85. The summed E-state index contributed by atoms with van der Waals surface area (Å²) in [7, 11) is 0. The molecule has 1 saturated carbocycles. The summed E-state index contributed by atoms with van der Waals surface area (Å²) in [5, 5.41) is 4.98. The number of alkyl halides is 2. The number of benzene rings is 1. The molecule has 144 valence electrons. The average molecular weight is 379 g/mol. The third-order valence-corrected chi connectivity index (χ3v) is 5.45. The average Bonchev–Trinajstić information content (AvgIpc) is 3.30. The van der Waals surface area contributed by atoms with E-state index in [1.807, 2.05) is 0 Å². The van der Waals surface area contributed by atoms with Crippen molar-refractivity contribution in [3.8, 4) is 5.75 Å². The lowest BCUT2D eigenvalue weighted by atomic mass is 9.88. The highest BCUT2D eigenvalue weighted by Gasteiger charge is 2.55. The molecule has 1 atom stereocenters. The Labute approximate surface area is 154 Å². The molecule has 3 aliphatic rings. The second kappa shape index (κ2) is 6.47. The fraction of sp³-hybridized carbons (Fsp3) is 0.500. The quantitative estimate of drug-likeness (QED) is 0.739. The number of hydrogen-bond donors (Lipinski definition) is 2. The van der Waals surface area contributed by atoms with Crippen LogP contribution in [-0.2, 0) is 22.7 Å². The van der Waals surface area contributed by atoms with Crippen LogP contribution in [0.15, 0.2) is 18.2 Å². The number of rotatable bonds is 6. The number of amides is 4. The van der Waals surface area contributed by atoms with E-state index in [-0.39, 0.29) is 36.3 Å². The predicted octanol–water partition coefficient (Wildman–Crippen LogP) is 1.90. The normalized spacial score (nSPS) is 24.0. The summed E-state index contributed by atoms with van der Waals surface area (Å²) < 4.78 is 29.1. The Balaban J connectivity index is 1.39. The number of fused-ring (bicyclic) bond motifs is 1. The van der Waals surface area contributed by atoms with Gasteiger partial charge in [0.15, 0.2) is 0 Å². The van der Waals surface area contributed by atoms with Gasteiger partial charge >= 0.3 is 12.6 Å². The number of carbonyl (C=O) groups excluding carboxylic acids is 3. The maximum atomic E-state index is 12.6. The molecule has 7 nitrogen and oxygen atoms in total. The van der Waals surface area contributed by atoms with Crippen molar-refractivity contribution in [3.05, 3.63) is 29.3 Å². The fourth-order valence-corrected chi connectivity index (χ4v) is 3.93. The molecule has 1 saturated heterocycles. The van der Waals surface area contributed by atoms with Crippen LogP contribution in [0, 0.1) is 5.92 Å². The van der Waals surface area contributed by atoms with Gasteiger partial charge in [0.1, 0.15) is 11.3 Å². The van der Waals surface area contributed by atoms with E-state index in [0.717, 1.165) is 24.0 Å². The van der Waals surface area contributed by atoms with Crippen LogP contribution >= 0.6 is 0 Å². The van der Waals surface area contributed by atoms with E-state index in [1.165, 1.54) is 12.1 Å². The molecule has 0 radical (unpaired) electrons. The second-order valence-electron chi connectivity index (χ2n) is 7.21. The maximum Gasteiger partial charge on any atom is 0.387 e. The zero-order valence-electron chi connectivity index (χ0n) is 14.5. The molecule has 4 rings (SSSR count). The molecule has 2 heterocycles. The minimum Gasteiger partial charge on any atom is -0.435 e. The third kappa shape index (κ3) is 3.33. The Bertz CT molecular complexity index is 812. The van der Waals surface area contributed by atoms with Crippen molar-refractivity contribution in [3.63, 3.8) is 0 Å². The van der Waals surface area contributed by atoms with Gasteiger partial charge in [0, 0.05) is 19.5 Å². The Morgan fingerprint density at radius 3 is 2.63 bits per heavy atom. The number of nitrogens with zero attached hydrogens (tertiary/aromatic N) is 1. The molecule has 0 spiro atoms. The van der Waals surface area contributed by atoms with E-state index < -0.39 is 18.2 Å². The van der Waals surface area contributed by atoms with E-state index >= 15 is 0 Å². The van der Waals surface area contributed by atoms with Crippen LogP contribution in [-0.4, -0.2) is 34.9 Å². The van der Waals surface area contributed by atoms with Gasteiger partial charge in [-0.2, -0.15) is 8.78 Å². The van der Waals surface area contributed by atoms with Gasteiger partial charge in [-0.1, -0.05) is 6.07 Å². The summed E-state index contributed by atoms with van der Waals surface area (Å²) >= 11 is 0. The van der Waals surface area contributed by atoms with Crippen LogP contribution in [0.4, 0.5) is 13.6 Å². The van der Waals surface area contributed by atoms with Crippen LogP contribution in [0.25, 0.3) is 0 Å². The highest BCUT2D eigenvalue weighted by Crippen LogP contribution is 2.44. The Morgan fingerprint density at radius 2 is 2.00 bits per heavy atom. The van der Waals surface area contributed by atoms with Gasteiger partial charge < -0.3 is 15.0 Å². The first-order chi connectivity index (χ1) is 12.9. The first-order valence-electron chi connectivity index (χ1n) is 8.85. The SMILES string of the molecule is O=C1NC(=O)[C@](CCC(=O)N2Cc3ccc(OC(F)F)cc3C2)(C2CC2)N1. The van der Waals surface area contributed by atoms with Gasteiger partial charge in [-0.05, 0) is 48.4 Å². The van der Waals surface area contributed by atoms with E-state index in [0.29, 0.717) is 13.1 Å². The predicted molar refractivity (Wildman–Crippen MR) is 88.7 cm³/mol. The minimum absolute atomic E-state index is 0.0658. The molecule has 1 aliphatic carbocycles. The van der Waals surface area contributed by atoms with Gasteiger partial charge in [0.05, 0.1) is 0 Å². The smallest absolute Gasteiger partial charge is 0.387 e. The van der Waals surface area contributed by atoms with Crippen LogP contribution in [0.5, 0.6) is 5.75 Å². The molecule has 27 heavy (non-hydrogen) atoms. The molecule has 2 fully saturated rings. The molecular formula is C18H19F2N3O4. The zero-order valence-corrected chi connectivity index (χ0v) is 14.5. The van der Waals surface area contributed by atoms with Crippen molar-refractivity contribution in [2.75, 3.05) is 0 Å². The summed E-state index contributed by atoms with van der Waals surface area (Å²) in [5.74, 6) is -0.365. The second-order valence-corrected chi connectivity index (χ2v) is 7.21. The monoisotopic (exact) mass is 379 g/mol. The lowest BCUT2D eigenvalue weighted by molar-refractivity contribution is -0.133. The zero-order chi connectivity index (χ0) is 19.2. The molecule has 1 aromatic carbocycles. The fourth-order valence-electron chi connectivity index (χ4n) is 3.93. The molecule has 0 bridgehead atoms. The lowest BCUT2D eigenvalue weighted by Crippen LogP contribution is -2.49. The van der Waals surface area contributed by atoms with Gasteiger partial charge in [0.2, 0.25) is 5.91 Å². The molecule has 0 unspecified atom stereocenters. The highest BCUT2D eigenvalue weighted by molar-refractivity contribution is 6.07. The number of imide groups is 1. The number of nitrogens with one attached hydrogen (secondary N) is 2. The summed E-state index contributed by atoms with van der Waals surface area (Å²) in [6, 6.07) is 4.14. The molecule has 0 aromatic heterocycles. The van der Waals surface area contributed by atoms with Crippen LogP contribution in [0.1, 0.15) is 36.8 Å². The summed E-state index contributed by atoms with van der Waals surface area (Å²) in [6.45, 7) is -2.20. The molecular weight excluding hydrogens is 360 g/mol. The summed E-state index contributed by atoms with van der Waals surface area (Å²) in [4.78, 5) is 38.0. The first kappa shape index (κ1) is 17.7. The number of hydrogen-bond acceptors (Lipinski definition) is 4. The topological polar surface area (TPSA) is 87.7 Å². The molecule has 4 amide bonds. The summed E-state index contributed by atoms with van der Waals surface area (Å²) in [5.41, 5.74) is 0.663. The molecule has 2 N–H and O–H groups in total. The van der Waals surface area contributed by atoms with Gasteiger partial charge in [-0.15, -0.1) is 0 Å². The van der Waals surface area contributed by atoms with Crippen LogP contribution in [0.3, 0.4) is 0 Å². The van der Waals surface area contributed by atoms with E-state index in [9.17, 15) is 23.2 Å². The third-order valence-electron chi connectivity index (χ3n) is 5.45.